The van der Waals surface area contributed by atoms with Gasteiger partial charge in [0.2, 0.25) is 0 Å². The zero-order valence-electron chi connectivity index (χ0n) is 62.8. The number of hydrogen-bond acceptors (Lipinski definition) is 15. The molecule has 0 saturated heterocycles. The van der Waals surface area contributed by atoms with Crippen LogP contribution in [0.1, 0.15) is 395 Å². The van der Waals surface area contributed by atoms with Crippen molar-refractivity contribution in [1.82, 2.24) is 0 Å². The first-order chi connectivity index (χ1) is 46.3. The molecule has 0 aromatic rings. The summed E-state index contributed by atoms with van der Waals surface area (Å²) in [5, 5.41) is 10.6. The van der Waals surface area contributed by atoms with E-state index in [1.807, 2.05) is 0 Å². The Labute approximate surface area is 588 Å². The molecule has 0 aromatic carbocycles. The summed E-state index contributed by atoms with van der Waals surface area (Å²) < 4.78 is 68.6. The van der Waals surface area contributed by atoms with Gasteiger partial charge < -0.3 is 33.8 Å². The predicted octanol–water partition coefficient (Wildman–Crippen LogP) is 22.6. The Hall–Kier alpha value is -1.94. The van der Waals surface area contributed by atoms with Crippen LogP contribution in [0, 0.1) is 17.8 Å². The van der Waals surface area contributed by atoms with Crippen LogP contribution >= 0.6 is 15.6 Å². The van der Waals surface area contributed by atoms with Crippen LogP contribution in [0.2, 0.25) is 0 Å². The quantitative estimate of drug-likeness (QED) is 0.0222. The van der Waals surface area contributed by atoms with Crippen molar-refractivity contribution in [2.24, 2.45) is 17.8 Å². The lowest BCUT2D eigenvalue weighted by Crippen LogP contribution is -2.30. The third kappa shape index (κ3) is 69.2. The molecule has 17 nitrogen and oxygen atoms in total. The van der Waals surface area contributed by atoms with E-state index < -0.39 is 97.5 Å². The molecule has 3 N–H and O–H groups in total. The van der Waals surface area contributed by atoms with Crippen LogP contribution in [0.4, 0.5) is 0 Å². The number of hydrogen-bond donors (Lipinski definition) is 3. The van der Waals surface area contributed by atoms with Crippen LogP contribution in [0.3, 0.4) is 0 Å². The third-order valence-electron chi connectivity index (χ3n) is 18.2. The molecule has 0 rings (SSSR count). The molecule has 0 radical (unpaired) electrons. The highest BCUT2D eigenvalue weighted by molar-refractivity contribution is 7.47. The van der Waals surface area contributed by atoms with Crippen molar-refractivity contribution in [3.8, 4) is 0 Å². The Kier molecular flexibility index (Phi) is 66.2. The Balaban J connectivity index is 5.26. The van der Waals surface area contributed by atoms with Crippen molar-refractivity contribution < 1.29 is 80.2 Å². The smallest absolute Gasteiger partial charge is 0.462 e. The summed E-state index contributed by atoms with van der Waals surface area (Å²) in [5.74, 6) is 0.178. The molecule has 3 unspecified atom stereocenters. The fourth-order valence-corrected chi connectivity index (χ4v) is 13.3. The van der Waals surface area contributed by atoms with E-state index in [2.05, 4.69) is 48.5 Å². The Morgan fingerprint density at radius 1 is 0.302 bits per heavy atom. The standard InChI is InChI=1S/C77H150O17P2/c1-8-10-11-12-13-14-15-16-17-18-21-24-30-37-44-51-58-74(79)87-64-72(93-76(81)60-53-46-38-31-25-22-19-20-23-28-34-41-48-55-68(3)4)66-91-95(83,84)89-62-71(78)63-90-96(85,86)92-67-73(65-88-75(80)59-52-45-40-33-35-42-49-56-69(5)6)94-77(82)61-54-47-39-32-27-26-29-36-43-50-57-70(7)9-2/h68-73,78H,8-67H2,1-7H3,(H,83,84)(H,85,86)/t70?,71-,72-,73-/m1/s1. The number of phosphoric ester groups is 2. The summed E-state index contributed by atoms with van der Waals surface area (Å²) in [6.07, 6.45) is 54.0. The molecule has 0 saturated carbocycles. The van der Waals surface area contributed by atoms with Gasteiger partial charge in [-0.05, 0) is 43.4 Å². The van der Waals surface area contributed by atoms with Crippen LogP contribution in [0.25, 0.3) is 0 Å². The highest BCUT2D eigenvalue weighted by Crippen LogP contribution is 2.45. The van der Waals surface area contributed by atoms with Crippen molar-refractivity contribution in [2.75, 3.05) is 39.6 Å². The van der Waals surface area contributed by atoms with E-state index in [0.717, 1.165) is 108 Å². The van der Waals surface area contributed by atoms with Gasteiger partial charge in [0.05, 0.1) is 26.4 Å². The Morgan fingerprint density at radius 3 is 0.792 bits per heavy atom. The molecule has 0 heterocycles. The molecule has 0 fully saturated rings. The van der Waals surface area contributed by atoms with E-state index in [4.69, 9.17) is 37.0 Å². The summed E-state index contributed by atoms with van der Waals surface area (Å²) in [4.78, 5) is 72.9. The normalized spacial score (nSPS) is 14.3. The molecule has 0 amide bonds. The van der Waals surface area contributed by atoms with Crippen molar-refractivity contribution in [3.05, 3.63) is 0 Å². The molecule has 0 aliphatic rings. The first kappa shape index (κ1) is 94.1. The fraction of sp³-hybridized carbons (Fsp3) is 0.948. The van der Waals surface area contributed by atoms with Gasteiger partial charge in [-0.25, -0.2) is 9.13 Å². The van der Waals surface area contributed by atoms with Gasteiger partial charge in [0.15, 0.2) is 12.2 Å². The lowest BCUT2D eigenvalue weighted by atomic mass is 9.99. The number of carbonyl (C=O) groups excluding carboxylic acids is 4. The van der Waals surface area contributed by atoms with Gasteiger partial charge in [0.1, 0.15) is 19.3 Å². The lowest BCUT2D eigenvalue weighted by Gasteiger charge is -2.21. The SMILES string of the molecule is CCCCCCCCCCCCCCCCCCC(=O)OC[C@H](COP(=O)(O)OC[C@@H](O)COP(=O)(O)OC[C@@H](COC(=O)CCCCCCCCCC(C)C)OC(=O)CCCCCCCCCCCCC(C)CC)OC(=O)CCCCCCCCCCCCCCCC(C)C. The Morgan fingerprint density at radius 2 is 0.531 bits per heavy atom. The number of rotatable bonds is 75. The fourth-order valence-electron chi connectivity index (χ4n) is 11.7. The minimum absolute atomic E-state index is 0.105. The number of aliphatic hydroxyl groups excluding tert-OH is 1. The van der Waals surface area contributed by atoms with Crippen LogP contribution in [-0.4, -0.2) is 96.7 Å². The van der Waals surface area contributed by atoms with Gasteiger partial charge in [0, 0.05) is 25.7 Å². The molecule has 19 heteroatoms. The summed E-state index contributed by atoms with van der Waals surface area (Å²) in [7, 11) is -9.91. The highest BCUT2D eigenvalue weighted by Gasteiger charge is 2.30. The number of carbonyl (C=O) groups is 4. The maximum atomic E-state index is 13.1. The van der Waals surface area contributed by atoms with E-state index >= 15 is 0 Å². The minimum atomic E-state index is -4.96. The van der Waals surface area contributed by atoms with Crippen LogP contribution in [0.5, 0.6) is 0 Å². The van der Waals surface area contributed by atoms with Crippen molar-refractivity contribution >= 4 is 39.5 Å². The van der Waals surface area contributed by atoms with Crippen molar-refractivity contribution in [2.45, 2.75) is 414 Å². The molecular formula is C77H150O17P2. The van der Waals surface area contributed by atoms with Gasteiger partial charge >= 0.3 is 39.5 Å². The summed E-state index contributed by atoms with van der Waals surface area (Å²) in [5.41, 5.74) is 0. The molecule has 0 aliphatic heterocycles. The van der Waals surface area contributed by atoms with Gasteiger partial charge in [-0.1, -0.05) is 344 Å². The summed E-state index contributed by atoms with van der Waals surface area (Å²) in [6, 6.07) is 0. The zero-order chi connectivity index (χ0) is 70.9. The van der Waals surface area contributed by atoms with Gasteiger partial charge in [-0.15, -0.1) is 0 Å². The largest absolute Gasteiger partial charge is 0.472 e. The average molecular weight is 1410 g/mol. The molecule has 0 spiro atoms. The number of esters is 4. The highest BCUT2D eigenvalue weighted by atomic mass is 31.2. The summed E-state index contributed by atoms with van der Waals surface area (Å²) in [6.45, 7) is 11.9. The third-order valence-corrected chi connectivity index (χ3v) is 20.1. The molecule has 6 atom stereocenters. The zero-order valence-corrected chi connectivity index (χ0v) is 64.6. The predicted molar refractivity (Wildman–Crippen MR) is 391 cm³/mol. The van der Waals surface area contributed by atoms with E-state index in [9.17, 15) is 43.2 Å². The van der Waals surface area contributed by atoms with Crippen molar-refractivity contribution in [1.29, 1.82) is 0 Å². The maximum Gasteiger partial charge on any atom is 0.472 e. The lowest BCUT2D eigenvalue weighted by molar-refractivity contribution is -0.161. The molecule has 0 aliphatic carbocycles. The second-order valence-electron chi connectivity index (χ2n) is 28.9. The number of aliphatic hydroxyl groups is 1. The van der Waals surface area contributed by atoms with Gasteiger partial charge in [0.25, 0.3) is 0 Å². The average Bonchev–Trinajstić information content (AvgIpc) is 1.51. The van der Waals surface area contributed by atoms with E-state index in [1.54, 1.807) is 0 Å². The minimum Gasteiger partial charge on any atom is -0.462 e. The number of ether oxygens (including phenoxy) is 4. The van der Waals surface area contributed by atoms with Crippen LogP contribution < -0.4 is 0 Å². The van der Waals surface area contributed by atoms with Crippen LogP contribution in [-0.2, 0) is 65.4 Å². The van der Waals surface area contributed by atoms with E-state index in [-0.39, 0.29) is 25.7 Å². The van der Waals surface area contributed by atoms with Crippen molar-refractivity contribution in [3.63, 3.8) is 0 Å². The summed E-state index contributed by atoms with van der Waals surface area (Å²) >= 11 is 0. The molecule has 570 valence electrons. The number of phosphoric acid groups is 2. The Bertz CT molecular complexity index is 1870. The maximum absolute atomic E-state index is 13.1. The monoisotopic (exact) mass is 1410 g/mol. The second-order valence-corrected chi connectivity index (χ2v) is 31.8. The van der Waals surface area contributed by atoms with E-state index in [0.29, 0.717) is 31.6 Å². The van der Waals surface area contributed by atoms with E-state index in [1.165, 1.54) is 199 Å². The van der Waals surface area contributed by atoms with Gasteiger partial charge in [-0.3, -0.25) is 37.3 Å². The topological polar surface area (TPSA) is 237 Å². The molecule has 0 bridgehead atoms. The van der Waals surface area contributed by atoms with Crippen LogP contribution in [0.15, 0.2) is 0 Å². The first-order valence-corrected chi connectivity index (χ1v) is 42.9. The molecule has 96 heavy (non-hydrogen) atoms. The second kappa shape index (κ2) is 67.5. The van der Waals surface area contributed by atoms with Gasteiger partial charge in [-0.2, -0.15) is 0 Å². The molecular weight excluding hydrogens is 1260 g/mol. The first-order valence-electron chi connectivity index (χ1n) is 39.9. The number of unbranched alkanes of at least 4 members (excludes halogenated alkanes) is 42. The molecule has 0 aromatic heterocycles.